The van der Waals surface area contributed by atoms with Crippen molar-refractivity contribution in [2.24, 2.45) is 10.9 Å². The minimum Gasteiger partial charge on any atom is -0.466 e. The molecule has 344 valence electrons. The summed E-state index contributed by atoms with van der Waals surface area (Å²) in [7, 11) is 0. The van der Waals surface area contributed by atoms with Gasteiger partial charge >= 0.3 is 11.9 Å². The lowest BCUT2D eigenvalue weighted by Crippen LogP contribution is -2.50. The van der Waals surface area contributed by atoms with Gasteiger partial charge < -0.3 is 24.9 Å². The molecule has 3 N–H and O–H groups in total. The third kappa shape index (κ3) is 14.9. The van der Waals surface area contributed by atoms with Gasteiger partial charge in [-0.1, -0.05) is 146 Å². The molecule has 5 aromatic rings. The summed E-state index contributed by atoms with van der Waals surface area (Å²) in [6.07, 6.45) is 3.17. The molecule has 4 aromatic carbocycles. The molecule has 2 fully saturated rings. The summed E-state index contributed by atoms with van der Waals surface area (Å²) >= 11 is 4.87. The number of nitrogens with two attached hydrogens (primary N) is 1. The van der Waals surface area contributed by atoms with Crippen LogP contribution in [0.3, 0.4) is 0 Å². The van der Waals surface area contributed by atoms with E-state index < -0.39 is 11.2 Å². The smallest absolute Gasteiger partial charge is 0.315 e. The van der Waals surface area contributed by atoms with Crippen molar-refractivity contribution in [2.45, 2.75) is 91.1 Å². The van der Waals surface area contributed by atoms with Crippen molar-refractivity contribution in [3.05, 3.63) is 155 Å². The summed E-state index contributed by atoms with van der Waals surface area (Å²) in [4.78, 5) is 41.6. The van der Waals surface area contributed by atoms with Crippen molar-refractivity contribution < 1.29 is 33.6 Å². The fourth-order valence-electron chi connectivity index (χ4n) is 8.00. The van der Waals surface area contributed by atoms with Crippen molar-refractivity contribution in [2.75, 3.05) is 39.4 Å². The van der Waals surface area contributed by atoms with Gasteiger partial charge in [0.25, 0.3) is 0 Å². The quantitative estimate of drug-likeness (QED) is 0.0207. The number of ether oxygens (including phenoxy) is 2. The normalized spacial score (nSPS) is 15.6. The predicted octanol–water partition coefficient (Wildman–Crippen LogP) is 8.70. The molecule has 7 rings (SSSR count). The second kappa shape index (κ2) is 26.7. The third-order valence-electron chi connectivity index (χ3n) is 11.3. The number of carbonyl (C=O) groups excluding carboxylic acids is 3. The van der Waals surface area contributed by atoms with E-state index in [9.17, 15) is 19.6 Å². The van der Waals surface area contributed by atoms with Crippen LogP contribution in [0, 0.1) is 0 Å². The molecule has 0 amide bonds. The van der Waals surface area contributed by atoms with E-state index in [-0.39, 0.29) is 51.1 Å². The molecule has 0 saturated carbocycles. The number of aromatic nitrogens is 2. The van der Waals surface area contributed by atoms with Crippen molar-refractivity contribution in [3.63, 3.8) is 0 Å². The van der Waals surface area contributed by atoms with Crippen LogP contribution in [0.5, 0.6) is 0 Å². The summed E-state index contributed by atoms with van der Waals surface area (Å²) < 4.78 is 14.8. The van der Waals surface area contributed by atoms with Gasteiger partial charge in [0.2, 0.25) is 11.1 Å². The first kappa shape index (κ1) is 52.5. The Labute approximate surface area is 383 Å². The zero-order chi connectivity index (χ0) is 44.2. The summed E-state index contributed by atoms with van der Waals surface area (Å²) in [5.74, 6) is 0.373. The van der Waals surface area contributed by atoms with Crippen LogP contribution >= 0.6 is 11.6 Å². The monoisotopic (exact) mass is 896 g/mol. The Hall–Kier alpha value is -5.89. The van der Waals surface area contributed by atoms with Crippen molar-refractivity contribution >= 4 is 34.6 Å². The number of esters is 2. The highest BCUT2D eigenvalue weighted by atomic mass is 35.5. The molecule has 0 atom stereocenters. The number of carbonyl (C=O) groups is 3. The average Bonchev–Trinajstić information content (AvgIpc) is 3.77. The maximum atomic E-state index is 11.8. The first-order valence-corrected chi connectivity index (χ1v) is 21.4. The van der Waals surface area contributed by atoms with Crippen LogP contribution in [0.15, 0.2) is 131 Å². The minimum atomic E-state index is -0.687. The Morgan fingerprint density at radius 3 is 1.59 bits per heavy atom. The zero-order valence-corrected chi connectivity index (χ0v) is 36.3. The summed E-state index contributed by atoms with van der Waals surface area (Å²) in [5, 5.41) is 16.2. The SMILES string of the molecule is C.C.CCOC(=O)CC(=O)Cl.CCOC(=O)Cc1nc(C2(c3ccccc3)CCN(Cc3ccccc3)CC2)no1.N/C(=N\O)C1(c2ccccc2)CCN(Cc2ccccc2)CC1. The highest BCUT2D eigenvalue weighted by Crippen LogP contribution is 2.41. The molecule has 14 heteroatoms. The van der Waals surface area contributed by atoms with Gasteiger partial charge in [0, 0.05) is 13.1 Å². The van der Waals surface area contributed by atoms with Gasteiger partial charge in [0.15, 0.2) is 5.82 Å². The number of oxime groups is 1. The highest BCUT2D eigenvalue weighted by Gasteiger charge is 2.42. The van der Waals surface area contributed by atoms with Crippen LogP contribution in [0.4, 0.5) is 0 Å². The fourth-order valence-corrected chi connectivity index (χ4v) is 8.10. The topological polar surface area (TPSA) is 174 Å². The maximum absolute atomic E-state index is 11.8. The molecule has 0 spiro atoms. The van der Waals surface area contributed by atoms with E-state index in [0.717, 1.165) is 70.5 Å². The van der Waals surface area contributed by atoms with Crippen LogP contribution in [-0.4, -0.2) is 87.6 Å². The standard InChI is InChI=1S/C24H27N3O3.C19H23N3O.C5H7ClO3.2CH4/c1-2-29-22(28)17-21-25-23(26-30-21)24(20-11-7-4-8-12-20)13-15-27(16-14-24)18-19-9-5-3-6-10-19;20-18(21-23)19(17-9-5-2-6-10-17)11-13-22(14-12-19)15-16-7-3-1-4-8-16;1-2-9-5(8)3-4(6)7;;/h3-12H,2,13-18H2,1H3;1-10,23H,11-15H2,(H2,20,21);2-3H2,1H3;2*1H4. The van der Waals surface area contributed by atoms with Gasteiger partial charge in [-0.3, -0.25) is 24.2 Å². The van der Waals surface area contributed by atoms with Gasteiger partial charge in [-0.2, -0.15) is 4.98 Å². The maximum Gasteiger partial charge on any atom is 0.315 e. The Morgan fingerprint density at radius 2 is 1.14 bits per heavy atom. The van der Waals surface area contributed by atoms with E-state index in [0.29, 0.717) is 24.2 Å². The molecule has 1 aromatic heterocycles. The Morgan fingerprint density at radius 1 is 0.703 bits per heavy atom. The second-order valence-electron chi connectivity index (χ2n) is 15.2. The van der Waals surface area contributed by atoms with Crippen LogP contribution in [0.2, 0.25) is 0 Å². The van der Waals surface area contributed by atoms with Crippen molar-refractivity contribution in [3.8, 4) is 0 Å². The number of nitrogens with zero attached hydrogens (tertiary/aromatic N) is 5. The lowest BCUT2D eigenvalue weighted by atomic mass is 9.72. The zero-order valence-electron chi connectivity index (χ0n) is 35.5. The van der Waals surface area contributed by atoms with Crippen LogP contribution in [0.25, 0.3) is 0 Å². The fraction of sp³-hybridized carbons (Fsp3) is 0.400. The molecule has 2 aliphatic rings. The predicted molar refractivity (Wildman–Crippen MR) is 251 cm³/mol. The Bertz CT molecular complexity index is 2140. The van der Waals surface area contributed by atoms with Crippen LogP contribution < -0.4 is 5.73 Å². The van der Waals surface area contributed by atoms with Crippen LogP contribution in [0.1, 0.15) is 94.8 Å². The molecule has 0 radical (unpaired) electrons. The van der Waals surface area contributed by atoms with Gasteiger partial charge in [-0.25, -0.2) is 0 Å². The summed E-state index contributed by atoms with van der Waals surface area (Å²) in [6.45, 7) is 9.68. The molecular weight excluding hydrogens is 832 g/mol. The molecule has 0 aliphatic carbocycles. The largest absolute Gasteiger partial charge is 0.466 e. The number of hydrogen-bond donors (Lipinski definition) is 2. The number of piperidine rings is 2. The molecule has 0 bridgehead atoms. The van der Waals surface area contributed by atoms with Gasteiger partial charge in [-0.15, -0.1) is 0 Å². The lowest BCUT2D eigenvalue weighted by Gasteiger charge is -2.41. The summed E-state index contributed by atoms with van der Waals surface area (Å²) in [5.41, 5.74) is 10.4. The van der Waals surface area contributed by atoms with Crippen LogP contribution in [-0.2, 0) is 54.2 Å². The molecule has 2 aliphatic heterocycles. The van der Waals surface area contributed by atoms with Gasteiger partial charge in [-0.05, 0) is 99.6 Å². The van der Waals surface area contributed by atoms with Gasteiger partial charge in [0.05, 0.1) is 24.0 Å². The van der Waals surface area contributed by atoms with E-state index in [1.807, 2.05) is 48.5 Å². The summed E-state index contributed by atoms with van der Waals surface area (Å²) in [6, 6.07) is 41.6. The molecule has 0 unspecified atom stereocenters. The number of benzene rings is 4. The number of likely N-dealkylation sites (tertiary alicyclic amines) is 2. The van der Waals surface area contributed by atoms with E-state index in [2.05, 4.69) is 103 Å². The first-order valence-electron chi connectivity index (χ1n) is 21.0. The average molecular weight is 898 g/mol. The van der Waals surface area contributed by atoms with E-state index in [4.69, 9.17) is 26.6 Å². The van der Waals surface area contributed by atoms with E-state index >= 15 is 0 Å². The number of amidine groups is 1. The van der Waals surface area contributed by atoms with E-state index in [1.54, 1.807) is 13.8 Å². The van der Waals surface area contributed by atoms with E-state index in [1.165, 1.54) is 16.7 Å². The number of hydrogen-bond acceptors (Lipinski definition) is 12. The highest BCUT2D eigenvalue weighted by molar-refractivity contribution is 6.64. The molecule has 13 nitrogen and oxygen atoms in total. The first-order chi connectivity index (χ1) is 30.1. The number of rotatable bonds is 14. The van der Waals surface area contributed by atoms with Crippen molar-refractivity contribution in [1.82, 2.24) is 19.9 Å². The van der Waals surface area contributed by atoms with Crippen molar-refractivity contribution in [1.29, 1.82) is 0 Å². The van der Waals surface area contributed by atoms with Gasteiger partial charge in [0.1, 0.15) is 18.7 Å². The molecule has 64 heavy (non-hydrogen) atoms. The molecular formula is C50H65ClN6O7. The molecule has 2 saturated heterocycles. The lowest BCUT2D eigenvalue weighted by molar-refractivity contribution is -0.145. The Kier molecular flexibility index (Phi) is 21.9. The minimum absolute atomic E-state index is 0. The Balaban J connectivity index is 0.000000285. The number of halogens is 1. The molecule has 3 heterocycles. The third-order valence-corrected chi connectivity index (χ3v) is 11.4. The second-order valence-corrected chi connectivity index (χ2v) is 15.7.